The molecule has 0 atom stereocenters. The second kappa shape index (κ2) is 8.01. The third kappa shape index (κ3) is 4.04. The first kappa shape index (κ1) is 18.4. The lowest BCUT2D eigenvalue weighted by atomic mass is 9.90. The summed E-state index contributed by atoms with van der Waals surface area (Å²) in [5, 5.41) is 0. The van der Waals surface area contributed by atoms with Crippen LogP contribution in [0.5, 0.6) is 5.75 Å². The Balaban J connectivity index is 1.18. The first-order valence-corrected chi connectivity index (χ1v) is 10.9. The lowest BCUT2D eigenvalue weighted by Gasteiger charge is -2.41. The molecular formula is C22H32N4O2. The minimum atomic E-state index is 0.321. The van der Waals surface area contributed by atoms with Gasteiger partial charge in [-0.3, -0.25) is 4.90 Å². The van der Waals surface area contributed by atoms with E-state index >= 15 is 0 Å². The largest absolute Gasteiger partial charge is 0.490 e. The Hall–Kier alpha value is -1.63. The van der Waals surface area contributed by atoms with E-state index in [0.717, 1.165) is 74.3 Å². The Bertz CT molecular complexity index is 787. The molecule has 0 amide bonds. The molecule has 6 nitrogen and oxygen atoms in total. The zero-order valence-corrected chi connectivity index (χ0v) is 17.0. The minimum absolute atomic E-state index is 0.321. The minimum Gasteiger partial charge on any atom is -0.490 e. The molecule has 28 heavy (non-hydrogen) atoms. The van der Waals surface area contributed by atoms with E-state index in [0.29, 0.717) is 6.10 Å². The van der Waals surface area contributed by atoms with E-state index in [4.69, 9.17) is 9.15 Å². The lowest BCUT2D eigenvalue weighted by Crippen LogP contribution is -2.46. The summed E-state index contributed by atoms with van der Waals surface area (Å²) in [5.41, 5.74) is 1.77. The van der Waals surface area contributed by atoms with Crippen LogP contribution in [0, 0.1) is 0 Å². The van der Waals surface area contributed by atoms with Crippen molar-refractivity contribution in [1.82, 2.24) is 19.7 Å². The highest BCUT2D eigenvalue weighted by molar-refractivity contribution is 5.74. The summed E-state index contributed by atoms with van der Waals surface area (Å²) in [6.07, 6.45) is 6.77. The molecule has 2 saturated heterocycles. The number of benzene rings is 1. The van der Waals surface area contributed by atoms with E-state index < -0.39 is 0 Å². The highest BCUT2D eigenvalue weighted by Gasteiger charge is 2.29. The van der Waals surface area contributed by atoms with Crippen LogP contribution in [0.1, 0.15) is 38.0 Å². The van der Waals surface area contributed by atoms with E-state index in [9.17, 15) is 0 Å². The Labute approximate surface area is 167 Å². The van der Waals surface area contributed by atoms with Gasteiger partial charge >= 0.3 is 0 Å². The van der Waals surface area contributed by atoms with Gasteiger partial charge in [-0.25, -0.2) is 4.98 Å². The van der Waals surface area contributed by atoms with Gasteiger partial charge in [0.15, 0.2) is 5.58 Å². The second-order valence-corrected chi connectivity index (χ2v) is 8.75. The van der Waals surface area contributed by atoms with Crippen LogP contribution in [0.25, 0.3) is 11.1 Å². The van der Waals surface area contributed by atoms with Crippen LogP contribution in [0.4, 0.5) is 0 Å². The third-order valence-electron chi connectivity index (χ3n) is 6.73. The SMILES string of the molecule is CN1CCN(Cc2nc3ccc(OC4CCN(C5CCC5)CC4)cc3o2)CC1. The molecule has 1 aliphatic carbocycles. The fourth-order valence-corrected chi connectivity index (χ4v) is 4.59. The number of rotatable bonds is 5. The van der Waals surface area contributed by atoms with Crippen LogP contribution < -0.4 is 4.74 Å². The Kier molecular flexibility index (Phi) is 5.26. The average Bonchev–Trinajstić information content (AvgIpc) is 3.05. The van der Waals surface area contributed by atoms with E-state index in [1.54, 1.807) is 0 Å². The molecule has 3 heterocycles. The molecule has 2 aliphatic heterocycles. The Morgan fingerprint density at radius 2 is 1.82 bits per heavy atom. The van der Waals surface area contributed by atoms with Gasteiger partial charge in [-0.2, -0.15) is 0 Å². The number of likely N-dealkylation sites (tertiary alicyclic amines) is 1. The number of ether oxygens (including phenoxy) is 1. The number of likely N-dealkylation sites (N-methyl/N-ethyl adjacent to an activating group) is 1. The molecule has 152 valence electrons. The van der Waals surface area contributed by atoms with Crippen LogP contribution in [0.15, 0.2) is 22.6 Å². The number of hydrogen-bond acceptors (Lipinski definition) is 6. The topological polar surface area (TPSA) is 45.0 Å². The summed E-state index contributed by atoms with van der Waals surface area (Å²) < 4.78 is 12.3. The molecule has 0 spiro atoms. The number of oxazole rings is 1. The van der Waals surface area contributed by atoms with Crippen molar-refractivity contribution in [3.05, 3.63) is 24.1 Å². The molecule has 1 saturated carbocycles. The van der Waals surface area contributed by atoms with Crippen LogP contribution in [0.3, 0.4) is 0 Å². The van der Waals surface area contributed by atoms with Crippen molar-refractivity contribution in [3.63, 3.8) is 0 Å². The highest BCUT2D eigenvalue weighted by atomic mass is 16.5. The van der Waals surface area contributed by atoms with Crippen LogP contribution in [0.2, 0.25) is 0 Å². The Morgan fingerprint density at radius 1 is 1.04 bits per heavy atom. The molecule has 0 unspecified atom stereocenters. The number of nitrogens with zero attached hydrogens (tertiary/aromatic N) is 4. The maximum atomic E-state index is 6.28. The van der Waals surface area contributed by atoms with Crippen molar-refractivity contribution >= 4 is 11.1 Å². The number of fused-ring (bicyclic) bond motifs is 1. The monoisotopic (exact) mass is 384 g/mol. The van der Waals surface area contributed by atoms with Crippen molar-refractivity contribution in [2.45, 2.75) is 50.8 Å². The normalized spacial score (nSPS) is 23.9. The van der Waals surface area contributed by atoms with Crippen molar-refractivity contribution in [2.24, 2.45) is 0 Å². The number of piperazine rings is 1. The summed E-state index contributed by atoms with van der Waals surface area (Å²) in [5.74, 6) is 1.72. The standard InChI is InChI=1S/C22H32N4O2/c1-24-11-13-25(14-12-24)16-22-23-20-6-5-19(15-21(20)28-22)27-18-7-9-26(10-8-18)17-3-2-4-17/h5-6,15,17-18H,2-4,7-14,16H2,1H3. The van der Waals surface area contributed by atoms with Gasteiger partial charge in [0.2, 0.25) is 5.89 Å². The van der Waals surface area contributed by atoms with E-state index in [1.807, 2.05) is 18.2 Å². The molecule has 0 bridgehead atoms. The first-order valence-electron chi connectivity index (χ1n) is 10.9. The predicted molar refractivity (Wildman–Crippen MR) is 110 cm³/mol. The molecular weight excluding hydrogens is 352 g/mol. The van der Waals surface area contributed by atoms with Gasteiger partial charge in [0.25, 0.3) is 0 Å². The molecule has 3 fully saturated rings. The molecule has 2 aromatic rings. The second-order valence-electron chi connectivity index (χ2n) is 8.75. The predicted octanol–water partition coefficient (Wildman–Crippen LogP) is 2.97. The molecule has 0 N–H and O–H groups in total. The third-order valence-corrected chi connectivity index (χ3v) is 6.73. The molecule has 1 aromatic heterocycles. The van der Waals surface area contributed by atoms with Crippen LogP contribution in [-0.4, -0.2) is 78.1 Å². The van der Waals surface area contributed by atoms with Gasteiger partial charge in [0, 0.05) is 51.4 Å². The van der Waals surface area contributed by atoms with Crippen molar-refractivity contribution in [3.8, 4) is 5.75 Å². The number of aromatic nitrogens is 1. The maximum Gasteiger partial charge on any atom is 0.209 e. The van der Waals surface area contributed by atoms with Crippen molar-refractivity contribution < 1.29 is 9.15 Å². The van der Waals surface area contributed by atoms with Crippen LogP contribution in [-0.2, 0) is 6.54 Å². The van der Waals surface area contributed by atoms with Crippen molar-refractivity contribution in [2.75, 3.05) is 46.3 Å². The molecule has 1 aromatic carbocycles. The summed E-state index contributed by atoms with van der Waals surface area (Å²) in [6.45, 7) is 7.50. The fraction of sp³-hybridized carbons (Fsp3) is 0.682. The lowest BCUT2D eigenvalue weighted by molar-refractivity contribution is 0.0494. The molecule has 5 rings (SSSR count). The highest BCUT2D eigenvalue weighted by Crippen LogP contribution is 2.29. The molecule has 6 heteroatoms. The molecule has 3 aliphatic rings. The molecule has 0 radical (unpaired) electrons. The van der Waals surface area contributed by atoms with E-state index in [1.165, 1.54) is 32.4 Å². The van der Waals surface area contributed by atoms with Gasteiger partial charge in [-0.1, -0.05) is 6.42 Å². The quantitative estimate of drug-likeness (QED) is 0.790. The first-order chi connectivity index (χ1) is 13.7. The summed E-state index contributed by atoms with van der Waals surface area (Å²) in [6, 6.07) is 6.95. The zero-order valence-electron chi connectivity index (χ0n) is 17.0. The van der Waals surface area contributed by atoms with Gasteiger partial charge < -0.3 is 19.0 Å². The van der Waals surface area contributed by atoms with Gasteiger partial charge in [-0.05, 0) is 44.9 Å². The summed E-state index contributed by atoms with van der Waals surface area (Å²) in [4.78, 5) is 12.1. The summed E-state index contributed by atoms with van der Waals surface area (Å²) >= 11 is 0. The zero-order chi connectivity index (χ0) is 18.9. The fourth-order valence-electron chi connectivity index (χ4n) is 4.59. The number of hydrogen-bond donors (Lipinski definition) is 0. The van der Waals surface area contributed by atoms with E-state index in [2.05, 4.69) is 26.7 Å². The smallest absolute Gasteiger partial charge is 0.209 e. The van der Waals surface area contributed by atoms with Gasteiger partial charge in [0.05, 0.1) is 6.54 Å². The van der Waals surface area contributed by atoms with Gasteiger partial charge in [0.1, 0.15) is 17.4 Å². The van der Waals surface area contributed by atoms with Crippen LogP contribution >= 0.6 is 0 Å². The van der Waals surface area contributed by atoms with Crippen molar-refractivity contribution in [1.29, 1.82) is 0 Å². The Morgan fingerprint density at radius 3 is 2.54 bits per heavy atom. The average molecular weight is 385 g/mol. The summed E-state index contributed by atoms with van der Waals surface area (Å²) in [7, 11) is 2.18. The van der Waals surface area contributed by atoms with E-state index in [-0.39, 0.29) is 0 Å². The van der Waals surface area contributed by atoms with Gasteiger partial charge in [-0.15, -0.1) is 0 Å². The maximum absolute atomic E-state index is 6.28. The number of piperidine rings is 1.